The molecule has 11 heteroatoms. The van der Waals surface area contributed by atoms with Crippen LogP contribution in [0, 0.1) is 6.92 Å². The Bertz CT molecular complexity index is 830. The van der Waals surface area contributed by atoms with Gasteiger partial charge in [-0.15, -0.1) is 0 Å². The maximum absolute atomic E-state index is 12.8. The van der Waals surface area contributed by atoms with Crippen LogP contribution in [0.1, 0.15) is 37.7 Å². The molecule has 1 unspecified atom stereocenters. The molecule has 2 rings (SSSR count). The summed E-state index contributed by atoms with van der Waals surface area (Å²) in [4.78, 5) is 14.1. The predicted octanol–water partition coefficient (Wildman–Crippen LogP) is 0.507. The fourth-order valence-corrected chi connectivity index (χ4v) is 5.37. The number of hydrogen-bond acceptors (Lipinski definition) is 7. The zero-order chi connectivity index (χ0) is 23.1. The van der Waals surface area contributed by atoms with Crippen molar-refractivity contribution >= 4 is 23.1 Å². The normalized spacial score (nSPS) is 17.9. The fraction of sp³-hybridized carbons (Fsp3) is 0.650. The van der Waals surface area contributed by atoms with Crippen molar-refractivity contribution < 1.29 is 28.4 Å². The summed E-state index contributed by atoms with van der Waals surface area (Å²) >= 11 is 0. The SMILES string of the molecule is Cc1cccc(S(=O)(=O)N2CCN(CCCC(N)(CCCCB(O)O)C(=O)O)CC2)c1. The Labute approximate surface area is 185 Å². The summed E-state index contributed by atoms with van der Waals surface area (Å²) < 4.78 is 27.2. The van der Waals surface area contributed by atoms with Gasteiger partial charge in [-0.25, -0.2) is 8.42 Å². The minimum Gasteiger partial charge on any atom is -0.480 e. The second-order valence-electron chi connectivity index (χ2n) is 8.35. The summed E-state index contributed by atoms with van der Waals surface area (Å²) in [7, 11) is -4.89. The minimum absolute atomic E-state index is 0.200. The number of carbonyl (C=O) groups is 1. The van der Waals surface area contributed by atoms with Crippen molar-refractivity contribution in [3.63, 3.8) is 0 Å². The second-order valence-corrected chi connectivity index (χ2v) is 10.3. The maximum Gasteiger partial charge on any atom is 0.451 e. The van der Waals surface area contributed by atoms with Crippen molar-refractivity contribution in [3.8, 4) is 0 Å². The van der Waals surface area contributed by atoms with Crippen LogP contribution in [0.4, 0.5) is 0 Å². The molecule has 0 aliphatic carbocycles. The first-order valence-electron chi connectivity index (χ1n) is 10.7. The highest BCUT2D eigenvalue weighted by atomic mass is 32.2. The van der Waals surface area contributed by atoms with E-state index in [4.69, 9.17) is 15.8 Å². The smallest absolute Gasteiger partial charge is 0.451 e. The van der Waals surface area contributed by atoms with Crippen LogP contribution in [0.3, 0.4) is 0 Å². The van der Waals surface area contributed by atoms with Crippen molar-refractivity contribution in [3.05, 3.63) is 29.8 Å². The largest absolute Gasteiger partial charge is 0.480 e. The Hall–Kier alpha value is -1.50. The van der Waals surface area contributed by atoms with Crippen molar-refractivity contribution in [2.45, 2.75) is 55.8 Å². The van der Waals surface area contributed by atoms with Crippen molar-refractivity contribution in [1.82, 2.24) is 9.21 Å². The summed E-state index contributed by atoms with van der Waals surface area (Å²) in [5.74, 6) is -1.05. The van der Waals surface area contributed by atoms with Gasteiger partial charge in [0.15, 0.2) is 0 Å². The van der Waals surface area contributed by atoms with E-state index in [-0.39, 0.29) is 12.7 Å². The molecule has 9 nitrogen and oxygen atoms in total. The number of aryl methyl sites for hydroxylation is 1. The van der Waals surface area contributed by atoms with Gasteiger partial charge in [0.2, 0.25) is 10.0 Å². The molecule has 0 aromatic heterocycles. The van der Waals surface area contributed by atoms with Crippen molar-refractivity contribution in [1.29, 1.82) is 0 Å². The molecule has 5 N–H and O–H groups in total. The molecular weight excluding hydrogens is 421 g/mol. The van der Waals surface area contributed by atoms with Crippen LogP contribution in [0.25, 0.3) is 0 Å². The van der Waals surface area contributed by atoms with Crippen LogP contribution < -0.4 is 5.73 Å². The molecule has 1 aromatic carbocycles. The topological polar surface area (TPSA) is 144 Å². The number of sulfonamides is 1. The number of unbranched alkanes of at least 4 members (excludes halogenated alkanes) is 1. The minimum atomic E-state index is -3.51. The standard InChI is InChI=1S/C20H34BN3O6S/c1-17-6-4-7-18(16-17)31(29,30)24-14-12-23(13-15-24)11-5-9-20(22,19(25)26)8-2-3-10-21(27)28/h4,6-7,16,27-28H,2-3,5,8-15,22H2,1H3,(H,25,26). The van der Waals surface area contributed by atoms with Crippen LogP contribution in [-0.4, -0.2) is 84.1 Å². The first-order chi connectivity index (χ1) is 14.5. The van der Waals surface area contributed by atoms with E-state index in [9.17, 15) is 18.3 Å². The lowest BCUT2D eigenvalue weighted by molar-refractivity contribution is -0.144. The molecule has 174 valence electrons. The Kier molecular flexibility index (Phi) is 9.47. The van der Waals surface area contributed by atoms with E-state index in [0.717, 1.165) is 5.56 Å². The van der Waals surface area contributed by atoms with Crippen molar-refractivity contribution in [2.24, 2.45) is 5.73 Å². The quantitative estimate of drug-likeness (QED) is 0.264. The molecule has 1 fully saturated rings. The van der Waals surface area contributed by atoms with Gasteiger partial charge in [-0.05, 0) is 56.7 Å². The number of carboxylic acids is 1. The predicted molar refractivity (Wildman–Crippen MR) is 119 cm³/mol. The highest BCUT2D eigenvalue weighted by Crippen LogP contribution is 2.21. The summed E-state index contributed by atoms with van der Waals surface area (Å²) in [6.45, 7) is 4.48. The van der Waals surface area contributed by atoms with Gasteiger partial charge >= 0.3 is 13.1 Å². The van der Waals surface area contributed by atoms with E-state index in [1.807, 2.05) is 13.0 Å². The second kappa shape index (κ2) is 11.4. The first kappa shape index (κ1) is 25.8. The van der Waals surface area contributed by atoms with Gasteiger partial charge < -0.3 is 25.8 Å². The zero-order valence-electron chi connectivity index (χ0n) is 18.1. The number of hydrogen-bond donors (Lipinski definition) is 4. The van der Waals surface area contributed by atoms with E-state index < -0.39 is 28.6 Å². The Morgan fingerprint density at radius 3 is 2.35 bits per heavy atom. The summed E-state index contributed by atoms with van der Waals surface area (Å²) in [6.07, 6.45) is 2.39. The third-order valence-electron chi connectivity index (χ3n) is 5.82. The van der Waals surface area contributed by atoms with Crippen LogP contribution in [0.15, 0.2) is 29.2 Å². The van der Waals surface area contributed by atoms with Crippen LogP contribution in [0.2, 0.25) is 6.32 Å². The van der Waals surface area contributed by atoms with Gasteiger partial charge in [-0.1, -0.05) is 25.0 Å². The van der Waals surface area contributed by atoms with Crippen molar-refractivity contribution in [2.75, 3.05) is 32.7 Å². The van der Waals surface area contributed by atoms with E-state index in [1.165, 1.54) is 4.31 Å². The summed E-state index contributed by atoms with van der Waals surface area (Å²) in [5, 5.41) is 27.3. The molecule has 1 aliphatic rings. The average molecular weight is 455 g/mol. The molecule has 1 aliphatic heterocycles. The molecule has 1 saturated heterocycles. The van der Waals surface area contributed by atoms with E-state index >= 15 is 0 Å². The lowest BCUT2D eigenvalue weighted by Crippen LogP contribution is -2.50. The highest BCUT2D eigenvalue weighted by Gasteiger charge is 2.33. The molecule has 0 saturated carbocycles. The number of nitrogens with zero attached hydrogens (tertiary/aromatic N) is 2. The molecular formula is C20H34BN3O6S. The zero-order valence-corrected chi connectivity index (χ0v) is 18.9. The molecule has 0 bridgehead atoms. The monoisotopic (exact) mass is 455 g/mol. The molecule has 1 aromatic rings. The van der Waals surface area contributed by atoms with E-state index in [0.29, 0.717) is 63.3 Å². The van der Waals surface area contributed by atoms with E-state index in [1.54, 1.807) is 18.2 Å². The molecule has 31 heavy (non-hydrogen) atoms. The number of carboxylic acid groups (broad SMARTS) is 1. The number of aliphatic carboxylic acids is 1. The third kappa shape index (κ3) is 7.55. The maximum atomic E-state index is 12.8. The van der Waals surface area contributed by atoms with Gasteiger partial charge in [0.25, 0.3) is 0 Å². The number of rotatable bonds is 12. The van der Waals surface area contributed by atoms with Crippen LogP contribution in [0.5, 0.6) is 0 Å². The van der Waals surface area contributed by atoms with Gasteiger partial charge in [0.1, 0.15) is 5.54 Å². The molecule has 1 atom stereocenters. The lowest BCUT2D eigenvalue weighted by Gasteiger charge is -2.34. The average Bonchev–Trinajstić information content (AvgIpc) is 2.71. The van der Waals surface area contributed by atoms with Gasteiger partial charge in [-0.2, -0.15) is 4.31 Å². The number of nitrogens with two attached hydrogens (primary N) is 1. The van der Waals surface area contributed by atoms with E-state index in [2.05, 4.69) is 4.90 Å². The number of piperazine rings is 1. The van der Waals surface area contributed by atoms with Crippen LogP contribution >= 0.6 is 0 Å². The van der Waals surface area contributed by atoms with Gasteiger partial charge in [0, 0.05) is 26.2 Å². The third-order valence-corrected chi connectivity index (χ3v) is 7.71. The molecule has 0 amide bonds. The lowest BCUT2D eigenvalue weighted by atomic mass is 9.81. The molecule has 1 heterocycles. The summed E-state index contributed by atoms with van der Waals surface area (Å²) in [5.41, 5.74) is 5.66. The highest BCUT2D eigenvalue weighted by molar-refractivity contribution is 7.89. The number of benzene rings is 1. The Morgan fingerprint density at radius 2 is 1.77 bits per heavy atom. The molecule has 0 radical (unpaired) electrons. The van der Waals surface area contributed by atoms with Gasteiger partial charge in [-0.3, -0.25) is 4.79 Å². The fourth-order valence-electron chi connectivity index (χ4n) is 3.84. The van der Waals surface area contributed by atoms with Gasteiger partial charge in [0.05, 0.1) is 4.90 Å². The summed E-state index contributed by atoms with van der Waals surface area (Å²) in [6, 6.07) is 6.89. The molecule has 0 spiro atoms. The Morgan fingerprint density at radius 1 is 1.13 bits per heavy atom. The first-order valence-corrected chi connectivity index (χ1v) is 12.2. The Balaban J connectivity index is 1.80. The van der Waals surface area contributed by atoms with Crippen LogP contribution in [-0.2, 0) is 14.8 Å².